The van der Waals surface area contributed by atoms with Crippen molar-refractivity contribution < 1.29 is 9.53 Å². The van der Waals surface area contributed by atoms with Gasteiger partial charge in [0.05, 0.1) is 18.7 Å². The van der Waals surface area contributed by atoms with E-state index in [1.807, 2.05) is 20.8 Å². The molecule has 0 bridgehead atoms. The average Bonchev–Trinajstić information content (AvgIpc) is 2.15. The Labute approximate surface area is 98.9 Å². The summed E-state index contributed by atoms with van der Waals surface area (Å²) in [6.45, 7) is 8.50. The molecule has 0 aromatic heterocycles. The van der Waals surface area contributed by atoms with E-state index in [-0.39, 0.29) is 17.4 Å². The number of carbonyl (C=O) groups excluding carboxylic acids is 1. The molecular formula is C12H26N2O2. The summed E-state index contributed by atoms with van der Waals surface area (Å²) in [4.78, 5) is 11.9. The van der Waals surface area contributed by atoms with E-state index >= 15 is 0 Å². The van der Waals surface area contributed by atoms with Crippen molar-refractivity contribution in [1.29, 1.82) is 0 Å². The largest absolute Gasteiger partial charge is 0.383 e. The van der Waals surface area contributed by atoms with E-state index in [2.05, 4.69) is 12.2 Å². The van der Waals surface area contributed by atoms with E-state index in [0.29, 0.717) is 6.61 Å². The van der Waals surface area contributed by atoms with Crippen molar-refractivity contribution in [3.05, 3.63) is 0 Å². The van der Waals surface area contributed by atoms with Gasteiger partial charge < -0.3 is 15.8 Å². The lowest BCUT2D eigenvalue weighted by Gasteiger charge is -2.28. The Morgan fingerprint density at radius 2 is 2.00 bits per heavy atom. The Balaban J connectivity index is 4.28. The van der Waals surface area contributed by atoms with Gasteiger partial charge in [0.1, 0.15) is 0 Å². The molecule has 0 aliphatic heterocycles. The molecule has 0 radical (unpaired) electrons. The smallest absolute Gasteiger partial charge is 0.237 e. The summed E-state index contributed by atoms with van der Waals surface area (Å²) in [7, 11) is 1.64. The second-order valence-corrected chi connectivity index (χ2v) is 5.29. The van der Waals surface area contributed by atoms with E-state index < -0.39 is 6.04 Å². The second kappa shape index (κ2) is 6.86. The van der Waals surface area contributed by atoms with Crippen molar-refractivity contribution >= 4 is 5.91 Å². The molecule has 4 nitrogen and oxygen atoms in total. The Morgan fingerprint density at radius 3 is 2.38 bits per heavy atom. The van der Waals surface area contributed by atoms with Gasteiger partial charge in [-0.1, -0.05) is 34.1 Å². The lowest BCUT2D eigenvalue weighted by atomic mass is 9.87. The van der Waals surface area contributed by atoms with Gasteiger partial charge in [0.2, 0.25) is 5.91 Å². The van der Waals surface area contributed by atoms with Gasteiger partial charge in [0.15, 0.2) is 0 Å². The standard InChI is InChI=1S/C12H26N2O2/c1-6-7-9(8-16-5)14-11(15)10(13)12(2,3)4/h9-10H,6-8,13H2,1-5H3,(H,14,15)/t9?,10-/m0/s1. The van der Waals surface area contributed by atoms with Crippen molar-refractivity contribution in [2.75, 3.05) is 13.7 Å². The van der Waals surface area contributed by atoms with E-state index in [9.17, 15) is 4.79 Å². The Bertz CT molecular complexity index is 206. The van der Waals surface area contributed by atoms with Gasteiger partial charge >= 0.3 is 0 Å². The summed E-state index contributed by atoms with van der Waals surface area (Å²) in [5, 5.41) is 2.94. The fraction of sp³-hybridized carbons (Fsp3) is 0.917. The van der Waals surface area contributed by atoms with Crippen LogP contribution in [0.4, 0.5) is 0 Å². The summed E-state index contributed by atoms with van der Waals surface area (Å²) in [5.41, 5.74) is 5.67. The molecule has 16 heavy (non-hydrogen) atoms. The van der Waals surface area contributed by atoms with Crippen LogP contribution in [0.25, 0.3) is 0 Å². The number of hydrogen-bond donors (Lipinski definition) is 2. The first-order valence-corrected chi connectivity index (χ1v) is 5.87. The first-order valence-electron chi connectivity index (χ1n) is 5.87. The third kappa shape index (κ3) is 5.47. The number of nitrogens with two attached hydrogens (primary N) is 1. The van der Waals surface area contributed by atoms with Crippen molar-refractivity contribution in [3.8, 4) is 0 Å². The van der Waals surface area contributed by atoms with Gasteiger partial charge in [-0.2, -0.15) is 0 Å². The summed E-state index contributed by atoms with van der Waals surface area (Å²) in [5.74, 6) is -0.0944. The predicted molar refractivity (Wildman–Crippen MR) is 66.1 cm³/mol. The molecule has 0 rings (SSSR count). The molecule has 0 heterocycles. The average molecular weight is 230 g/mol. The Kier molecular flexibility index (Phi) is 6.60. The van der Waals surface area contributed by atoms with Crippen LogP contribution >= 0.6 is 0 Å². The first-order chi connectivity index (χ1) is 7.32. The van der Waals surface area contributed by atoms with Crippen LogP contribution in [0.3, 0.4) is 0 Å². The van der Waals surface area contributed by atoms with E-state index in [0.717, 1.165) is 12.8 Å². The van der Waals surface area contributed by atoms with Crippen LogP contribution in [0.5, 0.6) is 0 Å². The number of methoxy groups -OCH3 is 1. The second-order valence-electron chi connectivity index (χ2n) is 5.29. The molecule has 1 amide bonds. The van der Waals surface area contributed by atoms with Crippen molar-refractivity contribution in [1.82, 2.24) is 5.32 Å². The Morgan fingerprint density at radius 1 is 1.44 bits per heavy atom. The summed E-state index contributed by atoms with van der Waals surface area (Å²) < 4.78 is 5.07. The number of ether oxygens (including phenoxy) is 1. The molecule has 0 aliphatic carbocycles. The summed E-state index contributed by atoms with van der Waals surface area (Å²) in [6, 6.07) is -0.417. The maximum absolute atomic E-state index is 11.9. The van der Waals surface area contributed by atoms with Crippen LogP contribution in [-0.2, 0) is 9.53 Å². The predicted octanol–water partition coefficient (Wildman–Crippen LogP) is 1.29. The maximum atomic E-state index is 11.9. The fourth-order valence-electron chi connectivity index (χ4n) is 1.43. The fourth-order valence-corrected chi connectivity index (χ4v) is 1.43. The number of rotatable bonds is 6. The first kappa shape index (κ1) is 15.4. The molecule has 0 spiro atoms. The summed E-state index contributed by atoms with van der Waals surface area (Å²) >= 11 is 0. The lowest BCUT2D eigenvalue weighted by molar-refractivity contribution is -0.125. The minimum Gasteiger partial charge on any atom is -0.383 e. The van der Waals surface area contributed by atoms with Gasteiger partial charge in [-0.15, -0.1) is 0 Å². The number of amides is 1. The highest BCUT2D eigenvalue weighted by atomic mass is 16.5. The van der Waals surface area contributed by atoms with Gasteiger partial charge in [-0.25, -0.2) is 0 Å². The highest BCUT2D eigenvalue weighted by Gasteiger charge is 2.28. The van der Waals surface area contributed by atoms with Crippen LogP contribution in [0.1, 0.15) is 40.5 Å². The molecule has 0 aromatic carbocycles. The van der Waals surface area contributed by atoms with Crippen molar-refractivity contribution in [3.63, 3.8) is 0 Å². The number of nitrogens with one attached hydrogen (secondary N) is 1. The van der Waals surface area contributed by atoms with Gasteiger partial charge in [-0.3, -0.25) is 4.79 Å². The van der Waals surface area contributed by atoms with Crippen molar-refractivity contribution in [2.45, 2.75) is 52.6 Å². The minimum absolute atomic E-state index is 0.0656. The lowest BCUT2D eigenvalue weighted by Crippen LogP contribution is -2.52. The zero-order valence-electron chi connectivity index (χ0n) is 11.2. The molecule has 2 atom stereocenters. The van der Waals surface area contributed by atoms with Crippen LogP contribution in [-0.4, -0.2) is 31.7 Å². The van der Waals surface area contributed by atoms with Crippen molar-refractivity contribution in [2.24, 2.45) is 11.1 Å². The quantitative estimate of drug-likeness (QED) is 0.722. The van der Waals surface area contributed by atoms with E-state index in [1.165, 1.54) is 0 Å². The molecule has 0 aromatic rings. The third-order valence-corrected chi connectivity index (χ3v) is 2.57. The molecule has 0 aliphatic rings. The zero-order valence-corrected chi connectivity index (χ0v) is 11.2. The molecule has 0 saturated carbocycles. The monoisotopic (exact) mass is 230 g/mol. The normalized spacial score (nSPS) is 15.6. The molecule has 4 heteroatoms. The molecule has 1 unspecified atom stereocenters. The Hall–Kier alpha value is -0.610. The van der Waals surface area contributed by atoms with Crippen LogP contribution in [0.15, 0.2) is 0 Å². The van der Waals surface area contributed by atoms with Crippen LogP contribution in [0.2, 0.25) is 0 Å². The van der Waals surface area contributed by atoms with Gasteiger partial charge in [0.25, 0.3) is 0 Å². The SMILES string of the molecule is CCCC(COC)NC(=O)[C@H](N)C(C)(C)C. The minimum atomic E-state index is -0.483. The molecule has 3 N–H and O–H groups in total. The number of hydrogen-bond acceptors (Lipinski definition) is 3. The maximum Gasteiger partial charge on any atom is 0.237 e. The molecule has 96 valence electrons. The highest BCUT2D eigenvalue weighted by Crippen LogP contribution is 2.17. The highest BCUT2D eigenvalue weighted by molar-refractivity contribution is 5.82. The zero-order chi connectivity index (χ0) is 12.8. The number of carbonyl (C=O) groups is 1. The van der Waals surface area contributed by atoms with Crippen LogP contribution < -0.4 is 11.1 Å². The molecular weight excluding hydrogens is 204 g/mol. The summed E-state index contributed by atoms with van der Waals surface area (Å²) in [6.07, 6.45) is 1.93. The van der Waals surface area contributed by atoms with E-state index in [1.54, 1.807) is 7.11 Å². The van der Waals surface area contributed by atoms with Gasteiger partial charge in [-0.05, 0) is 11.8 Å². The molecule has 0 saturated heterocycles. The van der Waals surface area contributed by atoms with E-state index in [4.69, 9.17) is 10.5 Å². The topological polar surface area (TPSA) is 64.3 Å². The third-order valence-electron chi connectivity index (χ3n) is 2.57. The van der Waals surface area contributed by atoms with Crippen LogP contribution in [0, 0.1) is 5.41 Å². The molecule has 0 fully saturated rings. The van der Waals surface area contributed by atoms with Gasteiger partial charge in [0, 0.05) is 7.11 Å².